The van der Waals surface area contributed by atoms with Crippen LogP contribution in [0.3, 0.4) is 0 Å². The van der Waals surface area contributed by atoms with Gasteiger partial charge in [0.2, 0.25) is 0 Å². The average Bonchev–Trinajstić information content (AvgIpc) is 2.78. The van der Waals surface area contributed by atoms with Gasteiger partial charge < -0.3 is 15.5 Å². The fourth-order valence-electron chi connectivity index (χ4n) is 2.00. The van der Waals surface area contributed by atoms with Crippen LogP contribution in [-0.4, -0.2) is 50.1 Å². The van der Waals surface area contributed by atoms with Gasteiger partial charge >= 0.3 is 0 Å². The van der Waals surface area contributed by atoms with Gasteiger partial charge in [0.1, 0.15) is 0 Å². The highest BCUT2D eigenvalue weighted by Crippen LogP contribution is 2.07. The predicted molar refractivity (Wildman–Crippen MR) is 69.9 cm³/mol. The zero-order valence-electron chi connectivity index (χ0n) is 10.8. The molecule has 0 radical (unpaired) electrons. The molecule has 1 aliphatic rings. The van der Waals surface area contributed by atoms with Crippen molar-refractivity contribution in [2.45, 2.75) is 33.1 Å². The summed E-state index contributed by atoms with van der Waals surface area (Å²) >= 11 is 0. The van der Waals surface area contributed by atoms with Crippen molar-refractivity contribution in [2.24, 2.45) is 4.99 Å². The second-order valence-electron chi connectivity index (χ2n) is 4.19. The van der Waals surface area contributed by atoms with Crippen LogP contribution in [-0.2, 0) is 0 Å². The van der Waals surface area contributed by atoms with E-state index in [0.717, 1.165) is 25.6 Å². The number of hydrogen-bond donors (Lipinski definition) is 2. The Kier molecular flexibility index (Phi) is 6.97. The summed E-state index contributed by atoms with van der Waals surface area (Å²) in [5.41, 5.74) is 0. The third-order valence-corrected chi connectivity index (χ3v) is 2.79. The van der Waals surface area contributed by atoms with Gasteiger partial charge in [0.25, 0.3) is 0 Å². The zero-order chi connectivity index (χ0) is 11.6. The maximum atomic E-state index is 4.53. The largest absolute Gasteiger partial charge is 0.357 e. The highest BCUT2D eigenvalue weighted by molar-refractivity contribution is 5.79. The summed E-state index contributed by atoms with van der Waals surface area (Å²) in [6.07, 6.45) is 3.92. The van der Waals surface area contributed by atoms with Crippen LogP contribution in [0.2, 0.25) is 0 Å². The van der Waals surface area contributed by atoms with Crippen LogP contribution in [0.1, 0.15) is 33.1 Å². The number of nitrogens with one attached hydrogen (secondary N) is 2. The van der Waals surface area contributed by atoms with E-state index < -0.39 is 0 Å². The predicted octanol–water partition coefficient (Wildman–Crippen LogP) is 1.05. The number of likely N-dealkylation sites (tertiary alicyclic amines) is 1. The van der Waals surface area contributed by atoms with Crippen LogP contribution >= 0.6 is 0 Å². The SMILES string of the molecule is CCNC(=NCCCN1CCCC1)NCC. The fraction of sp³-hybridized carbons (Fsp3) is 0.917. The van der Waals surface area contributed by atoms with Gasteiger partial charge in [-0.25, -0.2) is 0 Å². The molecule has 0 aliphatic carbocycles. The monoisotopic (exact) mass is 226 g/mol. The summed E-state index contributed by atoms with van der Waals surface area (Å²) in [6, 6.07) is 0. The van der Waals surface area contributed by atoms with Crippen molar-refractivity contribution in [3.63, 3.8) is 0 Å². The van der Waals surface area contributed by atoms with Gasteiger partial charge in [-0.05, 0) is 52.7 Å². The van der Waals surface area contributed by atoms with E-state index in [4.69, 9.17) is 0 Å². The van der Waals surface area contributed by atoms with Crippen molar-refractivity contribution in [3.05, 3.63) is 0 Å². The molecule has 0 aromatic rings. The lowest BCUT2D eigenvalue weighted by atomic mass is 10.4. The third-order valence-electron chi connectivity index (χ3n) is 2.79. The highest BCUT2D eigenvalue weighted by atomic mass is 15.2. The van der Waals surface area contributed by atoms with Gasteiger partial charge in [-0.3, -0.25) is 4.99 Å². The summed E-state index contributed by atoms with van der Waals surface area (Å²) < 4.78 is 0. The number of guanidine groups is 1. The van der Waals surface area contributed by atoms with Gasteiger partial charge in [-0.15, -0.1) is 0 Å². The van der Waals surface area contributed by atoms with E-state index in [9.17, 15) is 0 Å². The molecule has 1 aliphatic heterocycles. The van der Waals surface area contributed by atoms with Crippen molar-refractivity contribution in [2.75, 3.05) is 39.3 Å². The Morgan fingerprint density at radius 3 is 2.31 bits per heavy atom. The Hall–Kier alpha value is -0.770. The molecule has 0 unspecified atom stereocenters. The Labute approximate surface area is 99.5 Å². The Morgan fingerprint density at radius 1 is 1.12 bits per heavy atom. The smallest absolute Gasteiger partial charge is 0.191 e. The number of rotatable bonds is 6. The van der Waals surface area contributed by atoms with E-state index in [-0.39, 0.29) is 0 Å². The number of hydrogen-bond acceptors (Lipinski definition) is 2. The lowest BCUT2D eigenvalue weighted by Crippen LogP contribution is -2.37. The molecule has 94 valence electrons. The normalized spacial score (nSPS) is 16.1. The lowest BCUT2D eigenvalue weighted by Gasteiger charge is -2.13. The number of nitrogens with zero attached hydrogens (tertiary/aromatic N) is 2. The maximum absolute atomic E-state index is 4.53. The van der Waals surface area contributed by atoms with Crippen LogP contribution in [0, 0.1) is 0 Å². The van der Waals surface area contributed by atoms with Crippen LogP contribution in [0.5, 0.6) is 0 Å². The van der Waals surface area contributed by atoms with Crippen LogP contribution in [0.4, 0.5) is 0 Å². The first kappa shape index (κ1) is 13.3. The van der Waals surface area contributed by atoms with Gasteiger partial charge in [0.05, 0.1) is 0 Å². The second kappa shape index (κ2) is 8.39. The molecule has 0 aromatic carbocycles. The average molecular weight is 226 g/mol. The molecule has 0 amide bonds. The molecule has 4 heteroatoms. The molecule has 1 saturated heterocycles. The first-order valence-corrected chi connectivity index (χ1v) is 6.61. The van der Waals surface area contributed by atoms with E-state index >= 15 is 0 Å². The van der Waals surface area contributed by atoms with E-state index in [1.165, 1.54) is 38.9 Å². The Morgan fingerprint density at radius 2 is 1.75 bits per heavy atom. The van der Waals surface area contributed by atoms with Gasteiger partial charge in [0.15, 0.2) is 5.96 Å². The Bertz CT molecular complexity index is 189. The molecule has 0 atom stereocenters. The van der Waals surface area contributed by atoms with E-state index in [0.29, 0.717) is 0 Å². The minimum atomic E-state index is 0.922. The lowest BCUT2D eigenvalue weighted by molar-refractivity contribution is 0.336. The van der Waals surface area contributed by atoms with Crippen LogP contribution in [0.15, 0.2) is 4.99 Å². The maximum Gasteiger partial charge on any atom is 0.191 e. The quantitative estimate of drug-likeness (QED) is 0.404. The summed E-state index contributed by atoms with van der Waals surface area (Å²) in [5, 5.41) is 6.47. The Balaban J connectivity index is 2.11. The molecular weight excluding hydrogens is 200 g/mol. The topological polar surface area (TPSA) is 39.7 Å². The van der Waals surface area contributed by atoms with Crippen molar-refractivity contribution < 1.29 is 0 Å². The minimum absolute atomic E-state index is 0.922. The molecule has 0 spiro atoms. The summed E-state index contributed by atoms with van der Waals surface area (Å²) in [7, 11) is 0. The molecule has 1 heterocycles. The van der Waals surface area contributed by atoms with Gasteiger partial charge in [0, 0.05) is 19.6 Å². The van der Waals surface area contributed by atoms with Crippen molar-refractivity contribution in [1.29, 1.82) is 0 Å². The molecule has 16 heavy (non-hydrogen) atoms. The van der Waals surface area contributed by atoms with Crippen molar-refractivity contribution >= 4 is 5.96 Å². The highest BCUT2D eigenvalue weighted by Gasteiger charge is 2.09. The van der Waals surface area contributed by atoms with E-state index in [2.05, 4.69) is 34.4 Å². The van der Waals surface area contributed by atoms with Crippen LogP contribution in [0.25, 0.3) is 0 Å². The van der Waals surface area contributed by atoms with Crippen molar-refractivity contribution in [3.8, 4) is 0 Å². The molecule has 0 bridgehead atoms. The van der Waals surface area contributed by atoms with Gasteiger partial charge in [-0.1, -0.05) is 0 Å². The fourth-order valence-corrected chi connectivity index (χ4v) is 2.00. The molecule has 0 saturated carbocycles. The molecular formula is C12H26N4. The molecule has 4 nitrogen and oxygen atoms in total. The molecule has 1 rings (SSSR count). The first-order valence-electron chi connectivity index (χ1n) is 6.61. The summed E-state index contributed by atoms with van der Waals surface area (Å²) in [6.45, 7) is 10.7. The van der Waals surface area contributed by atoms with E-state index in [1.54, 1.807) is 0 Å². The van der Waals surface area contributed by atoms with Crippen LogP contribution < -0.4 is 10.6 Å². The summed E-state index contributed by atoms with van der Waals surface area (Å²) in [4.78, 5) is 7.07. The van der Waals surface area contributed by atoms with Crippen molar-refractivity contribution in [1.82, 2.24) is 15.5 Å². The zero-order valence-corrected chi connectivity index (χ0v) is 10.8. The van der Waals surface area contributed by atoms with E-state index in [1.807, 2.05) is 0 Å². The first-order chi connectivity index (χ1) is 7.86. The molecule has 2 N–H and O–H groups in total. The third kappa shape index (κ3) is 5.35. The minimum Gasteiger partial charge on any atom is -0.357 e. The number of aliphatic imine (C=N–C) groups is 1. The summed E-state index contributed by atoms with van der Waals surface area (Å²) in [5.74, 6) is 0.950. The standard InChI is InChI=1S/C12H26N4/c1-3-13-12(14-4-2)15-8-7-11-16-9-5-6-10-16/h3-11H2,1-2H3,(H2,13,14,15). The molecule has 1 fully saturated rings. The second-order valence-corrected chi connectivity index (χ2v) is 4.19. The molecule has 0 aromatic heterocycles. The van der Waals surface area contributed by atoms with Gasteiger partial charge in [-0.2, -0.15) is 0 Å².